The molecule has 0 saturated heterocycles. The molecule has 0 heterocycles. The number of para-hydroxylation sites is 1. The molecular weight excluding hydrogens is 254 g/mol. The number of amides is 2. The maximum absolute atomic E-state index is 11.6. The number of ether oxygens (including phenoxy) is 1. The van der Waals surface area contributed by atoms with E-state index in [4.69, 9.17) is 4.74 Å². The molecule has 0 aromatic heterocycles. The molecule has 5 nitrogen and oxygen atoms in total. The van der Waals surface area contributed by atoms with Crippen LogP contribution in [-0.4, -0.2) is 45.9 Å². The zero-order valence-corrected chi connectivity index (χ0v) is 12.6. The fourth-order valence-electron chi connectivity index (χ4n) is 1.78. The normalized spacial score (nSPS) is 11.8. The topological polar surface area (TPSA) is 53.6 Å². The van der Waals surface area contributed by atoms with Gasteiger partial charge in [-0.3, -0.25) is 0 Å². The second kappa shape index (κ2) is 9.20. The van der Waals surface area contributed by atoms with Crippen LogP contribution < -0.4 is 15.5 Å². The van der Waals surface area contributed by atoms with Crippen molar-refractivity contribution in [3.63, 3.8) is 0 Å². The molecule has 20 heavy (non-hydrogen) atoms. The van der Waals surface area contributed by atoms with E-state index in [0.29, 0.717) is 19.7 Å². The van der Waals surface area contributed by atoms with Crippen molar-refractivity contribution < 1.29 is 9.53 Å². The highest BCUT2D eigenvalue weighted by atomic mass is 16.5. The Labute approximate surface area is 121 Å². The molecule has 0 radical (unpaired) electrons. The molecule has 0 aliphatic heterocycles. The van der Waals surface area contributed by atoms with Gasteiger partial charge < -0.3 is 20.3 Å². The summed E-state index contributed by atoms with van der Waals surface area (Å²) in [6.07, 6.45) is 0.823. The van der Waals surface area contributed by atoms with Crippen molar-refractivity contribution in [3.8, 4) is 0 Å². The molecule has 1 rings (SSSR count). The van der Waals surface area contributed by atoms with Crippen LogP contribution in [0.5, 0.6) is 0 Å². The average Bonchev–Trinajstić information content (AvgIpc) is 2.49. The number of likely N-dealkylation sites (N-methyl/N-ethyl adjacent to an activating group) is 1. The highest BCUT2D eigenvalue weighted by Crippen LogP contribution is 2.13. The first-order valence-electron chi connectivity index (χ1n) is 6.93. The van der Waals surface area contributed by atoms with E-state index < -0.39 is 0 Å². The molecule has 2 amide bonds. The number of nitrogens with zero attached hydrogens (tertiary/aromatic N) is 1. The number of carbonyl (C=O) groups excluding carboxylic acids is 1. The summed E-state index contributed by atoms with van der Waals surface area (Å²) in [5, 5.41) is 5.68. The standard InChI is InChI=1S/C15H25N3O2/c1-13(18(2)14-8-5-4-6-9-14)12-17-15(19)16-10-7-11-20-3/h4-6,8-9,13H,7,10-12H2,1-3H3,(H2,16,17,19). The number of anilines is 1. The molecule has 1 aromatic rings. The van der Waals surface area contributed by atoms with Crippen LogP contribution in [0.2, 0.25) is 0 Å². The third kappa shape index (κ3) is 5.93. The van der Waals surface area contributed by atoms with Crippen LogP contribution in [0, 0.1) is 0 Å². The molecule has 0 fully saturated rings. The molecule has 1 aromatic carbocycles. The number of methoxy groups -OCH3 is 1. The molecule has 2 N–H and O–H groups in total. The summed E-state index contributed by atoms with van der Waals surface area (Å²) >= 11 is 0. The Morgan fingerprint density at radius 3 is 2.65 bits per heavy atom. The lowest BCUT2D eigenvalue weighted by molar-refractivity contribution is 0.193. The van der Waals surface area contributed by atoms with Gasteiger partial charge in [-0.25, -0.2) is 4.79 Å². The monoisotopic (exact) mass is 279 g/mol. The van der Waals surface area contributed by atoms with Gasteiger partial charge in [-0.2, -0.15) is 0 Å². The second-order valence-electron chi connectivity index (χ2n) is 4.78. The summed E-state index contributed by atoms with van der Waals surface area (Å²) in [5.74, 6) is 0. The molecule has 0 aliphatic carbocycles. The van der Waals surface area contributed by atoms with E-state index in [2.05, 4.69) is 34.6 Å². The van der Waals surface area contributed by atoms with Gasteiger partial charge in [0.25, 0.3) is 0 Å². The Morgan fingerprint density at radius 1 is 1.30 bits per heavy atom. The van der Waals surface area contributed by atoms with E-state index in [-0.39, 0.29) is 12.1 Å². The average molecular weight is 279 g/mol. The molecular formula is C15H25N3O2. The van der Waals surface area contributed by atoms with E-state index in [1.165, 1.54) is 0 Å². The van der Waals surface area contributed by atoms with Gasteiger partial charge in [-0.15, -0.1) is 0 Å². The van der Waals surface area contributed by atoms with Gasteiger partial charge in [0.1, 0.15) is 0 Å². The smallest absolute Gasteiger partial charge is 0.314 e. The third-order valence-corrected chi connectivity index (χ3v) is 3.19. The number of carbonyl (C=O) groups is 1. The van der Waals surface area contributed by atoms with Crippen molar-refractivity contribution in [1.29, 1.82) is 0 Å². The Morgan fingerprint density at radius 2 is 2.00 bits per heavy atom. The summed E-state index contributed by atoms with van der Waals surface area (Å²) in [7, 11) is 3.68. The summed E-state index contributed by atoms with van der Waals surface area (Å²) in [4.78, 5) is 13.7. The zero-order valence-electron chi connectivity index (χ0n) is 12.6. The quantitative estimate of drug-likeness (QED) is 0.714. The fourth-order valence-corrected chi connectivity index (χ4v) is 1.78. The van der Waals surface area contributed by atoms with E-state index in [1.54, 1.807) is 7.11 Å². The molecule has 0 aliphatic rings. The predicted molar refractivity (Wildman–Crippen MR) is 82.2 cm³/mol. The minimum atomic E-state index is -0.130. The van der Waals surface area contributed by atoms with Crippen molar-refractivity contribution >= 4 is 11.7 Å². The van der Waals surface area contributed by atoms with E-state index in [9.17, 15) is 4.79 Å². The Kier molecular flexibility index (Phi) is 7.50. The van der Waals surface area contributed by atoms with Crippen molar-refractivity contribution in [2.75, 3.05) is 38.8 Å². The van der Waals surface area contributed by atoms with Crippen LogP contribution in [-0.2, 0) is 4.74 Å². The first-order valence-corrected chi connectivity index (χ1v) is 6.93. The number of benzene rings is 1. The maximum Gasteiger partial charge on any atom is 0.314 e. The van der Waals surface area contributed by atoms with Crippen LogP contribution >= 0.6 is 0 Å². The van der Waals surface area contributed by atoms with Crippen LogP contribution in [0.25, 0.3) is 0 Å². The Bertz CT molecular complexity index is 384. The van der Waals surface area contributed by atoms with Crippen LogP contribution in [0.1, 0.15) is 13.3 Å². The molecule has 1 unspecified atom stereocenters. The van der Waals surface area contributed by atoms with E-state index >= 15 is 0 Å². The van der Waals surface area contributed by atoms with Gasteiger partial charge in [0.15, 0.2) is 0 Å². The fraction of sp³-hybridized carbons (Fsp3) is 0.533. The minimum Gasteiger partial charge on any atom is -0.385 e. The van der Waals surface area contributed by atoms with Crippen molar-refractivity contribution in [2.45, 2.75) is 19.4 Å². The van der Waals surface area contributed by atoms with Crippen molar-refractivity contribution in [2.24, 2.45) is 0 Å². The van der Waals surface area contributed by atoms with E-state index in [0.717, 1.165) is 12.1 Å². The number of urea groups is 1. The number of hydrogen-bond donors (Lipinski definition) is 2. The first kappa shape index (κ1) is 16.3. The van der Waals surface area contributed by atoms with Crippen LogP contribution in [0.4, 0.5) is 10.5 Å². The molecule has 5 heteroatoms. The van der Waals surface area contributed by atoms with Crippen molar-refractivity contribution in [3.05, 3.63) is 30.3 Å². The maximum atomic E-state index is 11.6. The summed E-state index contributed by atoms with van der Waals surface area (Å²) in [6.45, 7) is 3.97. The van der Waals surface area contributed by atoms with Gasteiger partial charge in [0.05, 0.1) is 0 Å². The zero-order chi connectivity index (χ0) is 14.8. The highest BCUT2D eigenvalue weighted by Gasteiger charge is 2.10. The molecule has 0 saturated carbocycles. The molecule has 1 atom stereocenters. The highest BCUT2D eigenvalue weighted by molar-refractivity contribution is 5.73. The van der Waals surface area contributed by atoms with Crippen LogP contribution in [0.3, 0.4) is 0 Å². The number of nitrogens with one attached hydrogen (secondary N) is 2. The lowest BCUT2D eigenvalue weighted by Gasteiger charge is -2.27. The van der Waals surface area contributed by atoms with E-state index in [1.807, 2.05) is 25.2 Å². The second-order valence-corrected chi connectivity index (χ2v) is 4.78. The minimum absolute atomic E-state index is 0.130. The van der Waals surface area contributed by atoms with Gasteiger partial charge in [0, 0.05) is 45.6 Å². The van der Waals surface area contributed by atoms with Crippen LogP contribution in [0.15, 0.2) is 30.3 Å². The molecule has 112 valence electrons. The van der Waals surface area contributed by atoms with Crippen molar-refractivity contribution in [1.82, 2.24) is 10.6 Å². The lowest BCUT2D eigenvalue weighted by Crippen LogP contribution is -2.44. The van der Waals surface area contributed by atoms with Gasteiger partial charge >= 0.3 is 6.03 Å². The molecule has 0 spiro atoms. The summed E-state index contributed by atoms with van der Waals surface area (Å²) < 4.78 is 4.92. The largest absolute Gasteiger partial charge is 0.385 e. The lowest BCUT2D eigenvalue weighted by atomic mass is 10.2. The SMILES string of the molecule is COCCCNC(=O)NCC(C)N(C)c1ccccc1. The predicted octanol–water partition coefficient (Wildman–Crippen LogP) is 1.85. The number of rotatable bonds is 8. The molecule has 0 bridgehead atoms. The van der Waals surface area contributed by atoms with Gasteiger partial charge in [-0.1, -0.05) is 18.2 Å². The van der Waals surface area contributed by atoms with Gasteiger partial charge in [-0.05, 0) is 25.5 Å². The Hall–Kier alpha value is -1.75. The number of hydrogen-bond acceptors (Lipinski definition) is 3. The summed E-state index contributed by atoms with van der Waals surface area (Å²) in [5.41, 5.74) is 1.14. The summed E-state index contributed by atoms with van der Waals surface area (Å²) in [6, 6.07) is 10.2. The van der Waals surface area contributed by atoms with Gasteiger partial charge in [0.2, 0.25) is 0 Å². The first-order chi connectivity index (χ1) is 9.65. The third-order valence-electron chi connectivity index (χ3n) is 3.19. The Balaban J connectivity index is 2.25.